The molecule has 0 atom stereocenters. The van der Waals surface area contributed by atoms with Gasteiger partial charge in [-0.15, -0.1) is 11.8 Å². The van der Waals surface area contributed by atoms with Crippen LogP contribution in [0.1, 0.15) is 25.3 Å². The Bertz CT molecular complexity index is 861. The van der Waals surface area contributed by atoms with E-state index in [9.17, 15) is 4.79 Å². The van der Waals surface area contributed by atoms with E-state index in [0.29, 0.717) is 15.9 Å². The monoisotopic (exact) mass is 390 g/mol. The van der Waals surface area contributed by atoms with Crippen LogP contribution in [0.4, 0.5) is 5.13 Å². The van der Waals surface area contributed by atoms with E-state index in [1.807, 2.05) is 30.3 Å². The minimum absolute atomic E-state index is 0.0507. The van der Waals surface area contributed by atoms with Gasteiger partial charge in [0.1, 0.15) is 0 Å². The summed E-state index contributed by atoms with van der Waals surface area (Å²) in [6, 6.07) is 13.8. The Hall–Kier alpha value is -1.56. The van der Waals surface area contributed by atoms with E-state index < -0.39 is 0 Å². The smallest absolute Gasteiger partial charge is 0.236 e. The van der Waals surface area contributed by atoms with Gasteiger partial charge in [0, 0.05) is 9.92 Å². The maximum Gasteiger partial charge on any atom is 0.236 e. The number of unbranched alkanes of at least 4 members (excludes halogenated alkanes) is 1. The van der Waals surface area contributed by atoms with Crippen molar-refractivity contribution in [3.8, 4) is 0 Å². The number of carbonyl (C=O) groups is 1. The van der Waals surface area contributed by atoms with Gasteiger partial charge in [0.25, 0.3) is 0 Å². The number of carbonyl (C=O) groups excluding carboxylic acids is 1. The van der Waals surface area contributed by atoms with E-state index >= 15 is 0 Å². The highest BCUT2D eigenvalue weighted by Gasteiger charge is 2.09. The molecule has 0 spiro atoms. The summed E-state index contributed by atoms with van der Waals surface area (Å²) in [6.07, 6.45) is 3.47. The van der Waals surface area contributed by atoms with Crippen molar-refractivity contribution in [1.82, 2.24) is 4.98 Å². The molecule has 0 unspecified atom stereocenters. The highest BCUT2D eigenvalue weighted by Crippen LogP contribution is 2.28. The number of aromatic nitrogens is 1. The predicted molar refractivity (Wildman–Crippen MR) is 109 cm³/mol. The topological polar surface area (TPSA) is 42.0 Å². The van der Waals surface area contributed by atoms with Crippen LogP contribution in [0, 0.1) is 0 Å². The molecule has 0 aliphatic rings. The molecule has 1 amide bonds. The maximum atomic E-state index is 12.1. The molecule has 130 valence electrons. The fraction of sp³-hybridized carbons (Fsp3) is 0.263. The average molecular weight is 391 g/mol. The van der Waals surface area contributed by atoms with Crippen molar-refractivity contribution >= 4 is 56.0 Å². The summed E-state index contributed by atoms with van der Waals surface area (Å²) in [7, 11) is 0. The number of rotatable bonds is 7. The molecule has 1 N–H and O–H groups in total. The van der Waals surface area contributed by atoms with E-state index in [1.165, 1.54) is 41.5 Å². The average Bonchev–Trinajstić information content (AvgIpc) is 3.00. The summed E-state index contributed by atoms with van der Waals surface area (Å²) in [5, 5.41) is 4.25. The molecular formula is C19H19ClN2OS2. The summed E-state index contributed by atoms with van der Waals surface area (Å²) in [6.45, 7) is 2.20. The second-order valence-corrected chi connectivity index (χ2v) is 8.23. The molecule has 6 heteroatoms. The molecule has 0 aliphatic heterocycles. The van der Waals surface area contributed by atoms with E-state index in [4.69, 9.17) is 11.6 Å². The van der Waals surface area contributed by atoms with Crippen molar-refractivity contribution in [3.63, 3.8) is 0 Å². The van der Waals surface area contributed by atoms with Gasteiger partial charge >= 0.3 is 0 Å². The van der Waals surface area contributed by atoms with Gasteiger partial charge in [-0.05, 0) is 54.8 Å². The molecule has 0 aliphatic carbocycles. The van der Waals surface area contributed by atoms with Crippen molar-refractivity contribution in [2.45, 2.75) is 31.1 Å². The highest BCUT2D eigenvalue weighted by molar-refractivity contribution is 8.00. The minimum Gasteiger partial charge on any atom is -0.301 e. The number of amides is 1. The quantitative estimate of drug-likeness (QED) is 0.501. The van der Waals surface area contributed by atoms with Crippen LogP contribution in [0.15, 0.2) is 47.4 Å². The lowest BCUT2D eigenvalue weighted by molar-refractivity contribution is -0.113. The third kappa shape index (κ3) is 5.21. The number of fused-ring (bicyclic) bond motifs is 1. The summed E-state index contributed by atoms with van der Waals surface area (Å²) < 4.78 is 1.12. The van der Waals surface area contributed by atoms with Gasteiger partial charge in [-0.25, -0.2) is 4.98 Å². The number of benzene rings is 2. The number of halogens is 1. The number of thioether (sulfide) groups is 1. The zero-order chi connectivity index (χ0) is 17.6. The van der Waals surface area contributed by atoms with Crippen molar-refractivity contribution in [2.75, 3.05) is 11.1 Å². The molecule has 25 heavy (non-hydrogen) atoms. The lowest BCUT2D eigenvalue weighted by Gasteiger charge is -2.02. The Balaban J connectivity index is 1.59. The van der Waals surface area contributed by atoms with Crippen molar-refractivity contribution < 1.29 is 4.79 Å². The lowest BCUT2D eigenvalue weighted by atomic mass is 10.1. The van der Waals surface area contributed by atoms with Crippen LogP contribution in [-0.2, 0) is 11.2 Å². The molecule has 0 saturated heterocycles. The number of hydrogen-bond acceptors (Lipinski definition) is 4. The summed E-state index contributed by atoms with van der Waals surface area (Å²) in [4.78, 5) is 17.7. The first-order valence-electron chi connectivity index (χ1n) is 8.21. The molecule has 0 saturated carbocycles. The first-order chi connectivity index (χ1) is 12.1. The summed E-state index contributed by atoms with van der Waals surface area (Å²) in [5.41, 5.74) is 2.26. The van der Waals surface area contributed by atoms with Gasteiger partial charge in [-0.2, -0.15) is 0 Å². The lowest BCUT2D eigenvalue weighted by Crippen LogP contribution is -2.13. The predicted octanol–water partition coefficient (Wildman–Crippen LogP) is 6.02. The molecular weight excluding hydrogens is 372 g/mol. The molecule has 0 radical (unpaired) electrons. The molecule has 0 bridgehead atoms. The van der Waals surface area contributed by atoms with Gasteiger partial charge < -0.3 is 5.32 Å². The molecule has 3 nitrogen and oxygen atoms in total. The van der Waals surface area contributed by atoms with Gasteiger partial charge in [0.2, 0.25) is 5.91 Å². The standard InChI is InChI=1S/C19H19ClN2OS2/c1-2-3-4-13-5-10-16-17(11-13)25-19(21-16)22-18(23)12-24-15-8-6-14(20)7-9-15/h5-11H,2-4,12H2,1H3,(H,21,22,23). The van der Waals surface area contributed by atoms with Crippen LogP contribution in [-0.4, -0.2) is 16.6 Å². The summed E-state index contributed by atoms with van der Waals surface area (Å²) in [5.74, 6) is 0.296. The molecule has 1 heterocycles. The zero-order valence-corrected chi connectivity index (χ0v) is 16.3. The number of thiazole rings is 1. The first kappa shape index (κ1) is 18.2. The van der Waals surface area contributed by atoms with Crippen LogP contribution >= 0.6 is 34.7 Å². The van der Waals surface area contributed by atoms with Crippen LogP contribution < -0.4 is 5.32 Å². The molecule has 0 fully saturated rings. The van der Waals surface area contributed by atoms with E-state index in [2.05, 4.69) is 29.4 Å². The first-order valence-corrected chi connectivity index (χ1v) is 10.4. The fourth-order valence-corrected chi connectivity index (χ4v) is 4.16. The van der Waals surface area contributed by atoms with E-state index in [-0.39, 0.29) is 5.91 Å². The number of nitrogens with one attached hydrogen (secondary N) is 1. The second kappa shape index (κ2) is 8.70. The van der Waals surface area contributed by atoms with Gasteiger partial charge in [-0.1, -0.05) is 42.3 Å². The highest BCUT2D eigenvalue weighted by atomic mass is 35.5. The SMILES string of the molecule is CCCCc1ccc2nc(NC(=O)CSc3ccc(Cl)cc3)sc2c1. The third-order valence-corrected chi connectivity index (χ3v) is 5.90. The van der Waals surface area contributed by atoms with Crippen molar-refractivity contribution in [2.24, 2.45) is 0 Å². The van der Waals surface area contributed by atoms with Crippen LogP contribution in [0.3, 0.4) is 0 Å². The molecule has 3 rings (SSSR count). The minimum atomic E-state index is -0.0507. The maximum absolute atomic E-state index is 12.1. The Labute approximate surface area is 160 Å². The Morgan fingerprint density at radius 3 is 2.80 bits per heavy atom. The summed E-state index contributed by atoms with van der Waals surface area (Å²) >= 11 is 8.87. The van der Waals surface area contributed by atoms with E-state index in [0.717, 1.165) is 21.5 Å². The van der Waals surface area contributed by atoms with Crippen molar-refractivity contribution in [1.29, 1.82) is 0 Å². The van der Waals surface area contributed by atoms with Gasteiger partial charge in [0.15, 0.2) is 5.13 Å². The van der Waals surface area contributed by atoms with Crippen molar-refractivity contribution in [3.05, 3.63) is 53.1 Å². The number of nitrogens with zero attached hydrogens (tertiary/aromatic N) is 1. The van der Waals surface area contributed by atoms with Crippen LogP contribution in [0.2, 0.25) is 5.02 Å². The third-order valence-electron chi connectivity index (χ3n) is 3.70. The number of aryl methyl sites for hydroxylation is 1. The Morgan fingerprint density at radius 1 is 1.24 bits per heavy atom. The largest absolute Gasteiger partial charge is 0.301 e. The zero-order valence-electron chi connectivity index (χ0n) is 13.9. The van der Waals surface area contributed by atoms with Crippen LogP contribution in [0.25, 0.3) is 10.2 Å². The Morgan fingerprint density at radius 2 is 2.04 bits per heavy atom. The number of anilines is 1. The fourth-order valence-electron chi connectivity index (χ4n) is 2.39. The van der Waals surface area contributed by atoms with Gasteiger partial charge in [-0.3, -0.25) is 4.79 Å². The normalized spacial score (nSPS) is 11.0. The Kier molecular flexibility index (Phi) is 6.34. The van der Waals surface area contributed by atoms with Crippen LogP contribution in [0.5, 0.6) is 0 Å². The van der Waals surface area contributed by atoms with E-state index in [1.54, 1.807) is 0 Å². The molecule has 2 aromatic carbocycles. The second-order valence-electron chi connectivity index (χ2n) is 5.72. The van der Waals surface area contributed by atoms with Gasteiger partial charge in [0.05, 0.1) is 16.0 Å². The molecule has 3 aromatic rings. The number of hydrogen-bond donors (Lipinski definition) is 1. The molecule has 1 aromatic heterocycles.